The van der Waals surface area contributed by atoms with Gasteiger partial charge in [-0.3, -0.25) is 0 Å². The van der Waals surface area contributed by atoms with E-state index in [1.54, 1.807) is 37.3 Å². The fourth-order valence-corrected chi connectivity index (χ4v) is 4.54. The Morgan fingerprint density at radius 3 is 2.57 bits per heavy atom. The van der Waals surface area contributed by atoms with Gasteiger partial charge < -0.3 is 14.2 Å². The fraction of sp³-hybridized carbons (Fsp3) is 0.200. The molecule has 0 amide bonds. The molecule has 0 atom stereocenters. The van der Waals surface area contributed by atoms with Gasteiger partial charge >= 0.3 is 0 Å². The largest absolute Gasteiger partial charge is 0.494 e. The van der Waals surface area contributed by atoms with Crippen LogP contribution < -0.4 is 14.2 Å². The molecule has 8 nitrogen and oxygen atoms in total. The van der Waals surface area contributed by atoms with E-state index in [0.717, 1.165) is 22.0 Å². The predicted molar refractivity (Wildman–Crippen MR) is 116 cm³/mol. The van der Waals surface area contributed by atoms with E-state index in [1.807, 2.05) is 47.8 Å². The third kappa shape index (κ3) is 4.10. The van der Waals surface area contributed by atoms with E-state index in [9.17, 15) is 0 Å². The normalized spacial score (nSPS) is 10.8. The highest BCUT2D eigenvalue weighted by Gasteiger charge is 2.15. The number of hydrogen-bond acceptors (Lipinski definition) is 9. The number of nitrogens with zero attached hydrogens (tertiary/aromatic N) is 5. The van der Waals surface area contributed by atoms with Crippen molar-refractivity contribution >= 4 is 23.1 Å². The molecule has 2 heterocycles. The number of ether oxygens (including phenoxy) is 3. The lowest BCUT2D eigenvalue weighted by Gasteiger charge is -2.08. The van der Waals surface area contributed by atoms with E-state index in [2.05, 4.69) is 15.5 Å². The van der Waals surface area contributed by atoms with Crippen molar-refractivity contribution in [2.75, 3.05) is 21.3 Å². The molecule has 0 radical (unpaired) electrons. The minimum Gasteiger partial charge on any atom is -0.494 e. The van der Waals surface area contributed by atoms with Gasteiger partial charge in [-0.1, -0.05) is 23.9 Å². The molecule has 30 heavy (non-hydrogen) atoms. The van der Waals surface area contributed by atoms with Crippen molar-refractivity contribution in [3.05, 3.63) is 53.5 Å². The molecule has 0 fully saturated rings. The summed E-state index contributed by atoms with van der Waals surface area (Å²) in [5.41, 5.74) is 2.72. The second-order valence-corrected chi connectivity index (χ2v) is 7.85. The number of hydrogen-bond donors (Lipinski definition) is 0. The smallest absolute Gasteiger partial charge is 0.214 e. The van der Waals surface area contributed by atoms with Gasteiger partial charge in [-0.15, -0.1) is 16.4 Å². The predicted octanol–water partition coefficient (Wildman–Crippen LogP) is 4.10. The van der Waals surface area contributed by atoms with Crippen LogP contribution in [0.5, 0.6) is 17.2 Å². The Labute approximate surface area is 181 Å². The maximum atomic E-state index is 5.42. The monoisotopic (exact) mass is 441 g/mol. The third-order valence-corrected chi connectivity index (χ3v) is 6.18. The molecule has 0 N–H and O–H groups in total. The van der Waals surface area contributed by atoms with Crippen LogP contribution in [0.3, 0.4) is 0 Å². The molecule has 0 aliphatic heterocycles. The van der Waals surface area contributed by atoms with E-state index in [4.69, 9.17) is 19.2 Å². The summed E-state index contributed by atoms with van der Waals surface area (Å²) in [5.74, 6) is 2.71. The maximum absolute atomic E-state index is 5.42. The van der Waals surface area contributed by atoms with Gasteiger partial charge in [0.2, 0.25) is 5.16 Å². The summed E-state index contributed by atoms with van der Waals surface area (Å²) < 4.78 is 17.8. The molecule has 4 rings (SSSR count). The summed E-state index contributed by atoms with van der Waals surface area (Å²) in [6, 6.07) is 13.4. The molecule has 154 valence electrons. The SMILES string of the molecule is COc1ccc(-c2nc(CSc3nnnn3-c3ccccc3OC)cs2)cc1OC. The van der Waals surface area contributed by atoms with E-state index in [0.29, 0.717) is 28.2 Å². The molecule has 4 aromatic rings. The third-order valence-electron chi connectivity index (χ3n) is 4.29. The van der Waals surface area contributed by atoms with Crippen molar-refractivity contribution in [3.63, 3.8) is 0 Å². The van der Waals surface area contributed by atoms with Gasteiger partial charge in [0.25, 0.3) is 0 Å². The zero-order chi connectivity index (χ0) is 20.9. The summed E-state index contributed by atoms with van der Waals surface area (Å²) in [6.07, 6.45) is 0. The van der Waals surface area contributed by atoms with Gasteiger partial charge in [0, 0.05) is 16.7 Å². The first-order valence-corrected chi connectivity index (χ1v) is 10.8. The molecule has 2 aromatic carbocycles. The highest BCUT2D eigenvalue weighted by molar-refractivity contribution is 7.98. The van der Waals surface area contributed by atoms with Gasteiger partial charge in [0.15, 0.2) is 11.5 Å². The quantitative estimate of drug-likeness (QED) is 0.378. The maximum Gasteiger partial charge on any atom is 0.214 e. The van der Waals surface area contributed by atoms with Gasteiger partial charge in [-0.05, 0) is 40.8 Å². The summed E-state index contributed by atoms with van der Waals surface area (Å²) >= 11 is 3.09. The second kappa shape index (κ2) is 9.14. The molecule has 10 heteroatoms. The number of thiazole rings is 1. The Balaban J connectivity index is 1.51. The van der Waals surface area contributed by atoms with Gasteiger partial charge in [0.05, 0.1) is 27.0 Å². The van der Waals surface area contributed by atoms with Crippen molar-refractivity contribution in [2.45, 2.75) is 10.9 Å². The van der Waals surface area contributed by atoms with Crippen molar-refractivity contribution in [1.29, 1.82) is 0 Å². The van der Waals surface area contributed by atoms with Crippen LogP contribution in [0.2, 0.25) is 0 Å². The van der Waals surface area contributed by atoms with Crippen LogP contribution in [-0.4, -0.2) is 46.5 Å². The molecule has 2 aromatic heterocycles. The fourth-order valence-electron chi connectivity index (χ4n) is 2.84. The summed E-state index contributed by atoms with van der Waals surface area (Å²) in [5, 5.41) is 15.7. The number of methoxy groups -OCH3 is 3. The van der Waals surface area contributed by atoms with Crippen LogP contribution in [0, 0.1) is 0 Å². The number of rotatable bonds is 8. The number of benzene rings is 2. The van der Waals surface area contributed by atoms with Crippen molar-refractivity contribution in [2.24, 2.45) is 0 Å². The van der Waals surface area contributed by atoms with E-state index >= 15 is 0 Å². The van der Waals surface area contributed by atoms with Crippen LogP contribution >= 0.6 is 23.1 Å². The highest BCUT2D eigenvalue weighted by Crippen LogP contribution is 2.34. The van der Waals surface area contributed by atoms with Crippen LogP contribution in [0.4, 0.5) is 0 Å². The molecule has 0 bridgehead atoms. The summed E-state index contributed by atoms with van der Waals surface area (Å²) in [7, 11) is 4.87. The minimum atomic E-state index is 0.638. The Morgan fingerprint density at radius 2 is 1.77 bits per heavy atom. The molecule has 0 spiro atoms. The van der Waals surface area contributed by atoms with E-state index in [1.165, 1.54) is 11.8 Å². The molecular weight excluding hydrogens is 422 g/mol. The second-order valence-electron chi connectivity index (χ2n) is 6.05. The molecule has 0 aliphatic rings. The first kappa shape index (κ1) is 20.2. The highest BCUT2D eigenvalue weighted by atomic mass is 32.2. The molecule has 0 saturated heterocycles. The van der Waals surface area contributed by atoms with Crippen LogP contribution in [0.15, 0.2) is 53.0 Å². The van der Waals surface area contributed by atoms with Crippen LogP contribution in [-0.2, 0) is 5.75 Å². The average molecular weight is 442 g/mol. The molecule has 0 saturated carbocycles. The Morgan fingerprint density at radius 1 is 0.967 bits per heavy atom. The number of tetrazole rings is 1. The number of thioether (sulfide) groups is 1. The van der Waals surface area contributed by atoms with E-state index < -0.39 is 0 Å². The number of para-hydroxylation sites is 2. The lowest BCUT2D eigenvalue weighted by atomic mass is 10.2. The minimum absolute atomic E-state index is 0.638. The van der Waals surface area contributed by atoms with Crippen LogP contribution in [0.1, 0.15) is 5.69 Å². The molecular formula is C20H19N5O3S2. The van der Waals surface area contributed by atoms with Gasteiger partial charge in [-0.25, -0.2) is 4.98 Å². The molecule has 0 aliphatic carbocycles. The Bertz CT molecular complexity index is 1140. The van der Waals surface area contributed by atoms with E-state index in [-0.39, 0.29) is 0 Å². The Kier molecular flexibility index (Phi) is 6.15. The van der Waals surface area contributed by atoms with Gasteiger partial charge in [-0.2, -0.15) is 4.68 Å². The summed E-state index contributed by atoms with van der Waals surface area (Å²) in [4.78, 5) is 4.75. The molecule has 0 unspecified atom stereocenters. The zero-order valence-corrected chi connectivity index (χ0v) is 18.2. The standard InChI is InChI=1S/C20H19N5O3S2/c1-26-16-7-5-4-6-15(16)25-20(22-23-24-25)30-12-14-11-29-19(21-14)13-8-9-17(27-2)18(10-13)28-3/h4-11H,12H2,1-3H3. The lowest BCUT2D eigenvalue weighted by Crippen LogP contribution is -2.01. The summed E-state index contributed by atoms with van der Waals surface area (Å²) in [6.45, 7) is 0. The zero-order valence-electron chi connectivity index (χ0n) is 16.6. The van der Waals surface area contributed by atoms with Crippen molar-refractivity contribution < 1.29 is 14.2 Å². The van der Waals surface area contributed by atoms with Gasteiger partial charge in [0.1, 0.15) is 16.4 Å². The Hall–Kier alpha value is -3.11. The van der Waals surface area contributed by atoms with Crippen LogP contribution in [0.25, 0.3) is 16.3 Å². The van der Waals surface area contributed by atoms with Crippen molar-refractivity contribution in [1.82, 2.24) is 25.2 Å². The lowest BCUT2D eigenvalue weighted by molar-refractivity contribution is 0.355. The average Bonchev–Trinajstić information content (AvgIpc) is 3.46. The first-order valence-electron chi connectivity index (χ1n) is 8.95. The first-order chi connectivity index (χ1) is 14.7. The number of aromatic nitrogens is 5. The van der Waals surface area contributed by atoms with Crippen molar-refractivity contribution in [3.8, 4) is 33.5 Å². The topological polar surface area (TPSA) is 84.2 Å².